The highest BCUT2D eigenvalue weighted by Gasteiger charge is 2.01. The Morgan fingerprint density at radius 3 is 2.47 bits per heavy atom. The topological polar surface area (TPSA) is 12.9 Å². The molecule has 0 N–H and O–H groups in total. The molecule has 1 aromatic heterocycles. The first kappa shape index (κ1) is 10.4. The van der Waals surface area contributed by atoms with Gasteiger partial charge in [0.1, 0.15) is 5.01 Å². The molecule has 1 nitrogen and oxygen atoms in total. The van der Waals surface area contributed by atoms with E-state index in [9.17, 15) is 0 Å². The number of nitrogens with zero attached hydrogens (tertiary/aromatic N) is 1. The SMILES string of the molecule is CC(C)Cc1ccc(-c2nccs2)cc1. The minimum Gasteiger partial charge on any atom is -0.245 e. The molecule has 0 aliphatic heterocycles. The number of thiazole rings is 1. The monoisotopic (exact) mass is 217 g/mol. The summed E-state index contributed by atoms with van der Waals surface area (Å²) < 4.78 is 0. The third-order valence-electron chi connectivity index (χ3n) is 2.28. The summed E-state index contributed by atoms with van der Waals surface area (Å²) in [4.78, 5) is 4.30. The number of hydrogen-bond donors (Lipinski definition) is 0. The third-order valence-corrected chi connectivity index (χ3v) is 3.10. The lowest BCUT2D eigenvalue weighted by Gasteiger charge is -2.05. The third kappa shape index (κ3) is 2.66. The van der Waals surface area contributed by atoms with Crippen LogP contribution in [-0.4, -0.2) is 4.98 Å². The van der Waals surface area contributed by atoms with Crippen molar-refractivity contribution < 1.29 is 0 Å². The Morgan fingerprint density at radius 2 is 1.93 bits per heavy atom. The molecule has 0 saturated carbocycles. The predicted molar refractivity (Wildman–Crippen MR) is 66.1 cm³/mol. The van der Waals surface area contributed by atoms with Crippen LogP contribution in [0.5, 0.6) is 0 Å². The molecule has 15 heavy (non-hydrogen) atoms. The van der Waals surface area contributed by atoms with E-state index < -0.39 is 0 Å². The van der Waals surface area contributed by atoms with Crippen LogP contribution in [0.1, 0.15) is 19.4 Å². The van der Waals surface area contributed by atoms with Crippen molar-refractivity contribution in [2.24, 2.45) is 5.92 Å². The first-order valence-corrected chi connectivity index (χ1v) is 6.12. The first-order valence-electron chi connectivity index (χ1n) is 5.24. The van der Waals surface area contributed by atoms with Crippen LogP contribution in [0.3, 0.4) is 0 Å². The molecule has 0 aliphatic carbocycles. The molecule has 0 spiro atoms. The summed E-state index contributed by atoms with van der Waals surface area (Å²) in [6.07, 6.45) is 3.00. The summed E-state index contributed by atoms with van der Waals surface area (Å²) in [7, 11) is 0. The number of benzene rings is 1. The van der Waals surface area contributed by atoms with E-state index in [4.69, 9.17) is 0 Å². The molecule has 0 fully saturated rings. The van der Waals surface area contributed by atoms with Crippen molar-refractivity contribution in [2.45, 2.75) is 20.3 Å². The van der Waals surface area contributed by atoms with Crippen LogP contribution in [0.15, 0.2) is 35.8 Å². The second-order valence-electron chi connectivity index (χ2n) is 4.13. The standard InChI is InChI=1S/C13H15NS/c1-10(2)9-11-3-5-12(6-4-11)13-14-7-8-15-13/h3-8,10H,9H2,1-2H3. The van der Waals surface area contributed by atoms with Crippen molar-refractivity contribution in [2.75, 3.05) is 0 Å². The molecule has 0 aliphatic rings. The molecule has 1 aromatic carbocycles. The van der Waals surface area contributed by atoms with Crippen LogP contribution in [0.4, 0.5) is 0 Å². The first-order chi connectivity index (χ1) is 7.25. The van der Waals surface area contributed by atoms with E-state index in [2.05, 4.69) is 43.1 Å². The van der Waals surface area contributed by atoms with E-state index in [1.165, 1.54) is 11.1 Å². The van der Waals surface area contributed by atoms with Crippen LogP contribution in [0.25, 0.3) is 10.6 Å². The van der Waals surface area contributed by atoms with Crippen molar-refractivity contribution in [3.63, 3.8) is 0 Å². The zero-order valence-electron chi connectivity index (χ0n) is 9.10. The largest absolute Gasteiger partial charge is 0.245 e. The normalized spacial score (nSPS) is 10.9. The average Bonchev–Trinajstić information content (AvgIpc) is 2.71. The number of hydrogen-bond acceptors (Lipinski definition) is 2. The molecule has 2 aromatic rings. The van der Waals surface area contributed by atoms with Gasteiger partial charge in [-0.05, 0) is 17.9 Å². The summed E-state index contributed by atoms with van der Waals surface area (Å²) in [5.41, 5.74) is 2.63. The van der Waals surface area contributed by atoms with E-state index >= 15 is 0 Å². The fourth-order valence-corrected chi connectivity index (χ4v) is 2.27. The van der Waals surface area contributed by atoms with Crippen LogP contribution in [0.2, 0.25) is 0 Å². The van der Waals surface area contributed by atoms with Crippen molar-refractivity contribution in [1.29, 1.82) is 0 Å². The molecule has 0 atom stereocenters. The Labute approximate surface area is 94.8 Å². The maximum absolute atomic E-state index is 4.30. The van der Waals surface area contributed by atoms with E-state index in [1.807, 2.05) is 11.6 Å². The Kier molecular flexibility index (Phi) is 3.17. The highest BCUT2D eigenvalue weighted by atomic mass is 32.1. The summed E-state index contributed by atoms with van der Waals surface area (Å²) in [5, 5.41) is 3.11. The molecule has 0 amide bonds. The lowest BCUT2D eigenvalue weighted by Crippen LogP contribution is -1.93. The Morgan fingerprint density at radius 1 is 1.20 bits per heavy atom. The molecule has 0 bridgehead atoms. The van der Waals surface area contributed by atoms with E-state index in [1.54, 1.807) is 11.3 Å². The molecule has 0 radical (unpaired) electrons. The fourth-order valence-electron chi connectivity index (χ4n) is 1.62. The number of aromatic nitrogens is 1. The van der Waals surface area contributed by atoms with E-state index in [-0.39, 0.29) is 0 Å². The van der Waals surface area contributed by atoms with Gasteiger partial charge in [0.2, 0.25) is 0 Å². The van der Waals surface area contributed by atoms with Gasteiger partial charge in [0, 0.05) is 17.1 Å². The van der Waals surface area contributed by atoms with E-state index in [0.29, 0.717) is 0 Å². The van der Waals surface area contributed by atoms with Crippen LogP contribution >= 0.6 is 11.3 Å². The smallest absolute Gasteiger partial charge is 0.123 e. The molecule has 2 rings (SSSR count). The second-order valence-corrected chi connectivity index (χ2v) is 5.03. The van der Waals surface area contributed by atoms with Crippen molar-refractivity contribution in [3.8, 4) is 10.6 Å². The van der Waals surface area contributed by atoms with Crippen molar-refractivity contribution >= 4 is 11.3 Å². The zero-order chi connectivity index (χ0) is 10.7. The fraction of sp³-hybridized carbons (Fsp3) is 0.308. The van der Waals surface area contributed by atoms with Gasteiger partial charge in [-0.3, -0.25) is 0 Å². The minimum atomic E-state index is 0.718. The molecular weight excluding hydrogens is 202 g/mol. The van der Waals surface area contributed by atoms with Gasteiger partial charge in [0.25, 0.3) is 0 Å². The van der Waals surface area contributed by atoms with Gasteiger partial charge >= 0.3 is 0 Å². The Bertz CT molecular complexity index is 401. The molecule has 0 saturated heterocycles. The van der Waals surface area contributed by atoms with Crippen LogP contribution in [-0.2, 0) is 6.42 Å². The summed E-state index contributed by atoms with van der Waals surface area (Å²) >= 11 is 1.68. The minimum absolute atomic E-state index is 0.718. The van der Waals surface area contributed by atoms with Gasteiger partial charge in [0.05, 0.1) is 0 Å². The van der Waals surface area contributed by atoms with Gasteiger partial charge < -0.3 is 0 Å². The Balaban J connectivity index is 2.17. The van der Waals surface area contributed by atoms with E-state index in [0.717, 1.165) is 17.3 Å². The summed E-state index contributed by atoms with van der Waals surface area (Å²) in [5.74, 6) is 0.718. The summed E-state index contributed by atoms with van der Waals surface area (Å²) in [6.45, 7) is 4.49. The number of rotatable bonds is 3. The van der Waals surface area contributed by atoms with Gasteiger partial charge in [-0.2, -0.15) is 0 Å². The molecule has 0 unspecified atom stereocenters. The van der Waals surface area contributed by atoms with Gasteiger partial charge in [-0.25, -0.2) is 4.98 Å². The van der Waals surface area contributed by atoms with Crippen LogP contribution < -0.4 is 0 Å². The summed E-state index contributed by atoms with van der Waals surface area (Å²) in [6, 6.07) is 8.74. The van der Waals surface area contributed by atoms with Gasteiger partial charge in [0.15, 0.2) is 0 Å². The predicted octanol–water partition coefficient (Wildman–Crippen LogP) is 4.01. The lowest BCUT2D eigenvalue weighted by molar-refractivity contribution is 0.647. The quantitative estimate of drug-likeness (QED) is 0.757. The van der Waals surface area contributed by atoms with Crippen molar-refractivity contribution in [3.05, 3.63) is 41.4 Å². The maximum atomic E-state index is 4.30. The maximum Gasteiger partial charge on any atom is 0.123 e. The Hall–Kier alpha value is -1.15. The highest BCUT2D eigenvalue weighted by molar-refractivity contribution is 7.13. The molecule has 78 valence electrons. The highest BCUT2D eigenvalue weighted by Crippen LogP contribution is 2.22. The molecule has 1 heterocycles. The van der Waals surface area contributed by atoms with Gasteiger partial charge in [-0.15, -0.1) is 11.3 Å². The second kappa shape index (κ2) is 4.58. The average molecular weight is 217 g/mol. The van der Waals surface area contributed by atoms with Gasteiger partial charge in [-0.1, -0.05) is 38.1 Å². The van der Waals surface area contributed by atoms with Crippen LogP contribution in [0, 0.1) is 5.92 Å². The molecular formula is C13H15NS. The lowest BCUT2D eigenvalue weighted by atomic mass is 10.0. The molecule has 2 heteroatoms. The van der Waals surface area contributed by atoms with Crippen molar-refractivity contribution in [1.82, 2.24) is 4.98 Å². The zero-order valence-corrected chi connectivity index (χ0v) is 9.92.